The van der Waals surface area contributed by atoms with Crippen molar-refractivity contribution in [1.29, 1.82) is 0 Å². The number of para-hydroxylation sites is 1. The van der Waals surface area contributed by atoms with Gasteiger partial charge in [-0.15, -0.1) is 0 Å². The number of carbonyl (C=O) groups excluding carboxylic acids is 2. The van der Waals surface area contributed by atoms with Gasteiger partial charge in [0.2, 0.25) is 5.91 Å². The van der Waals surface area contributed by atoms with Gasteiger partial charge in [0, 0.05) is 31.0 Å². The first-order valence-corrected chi connectivity index (χ1v) is 10.5. The van der Waals surface area contributed by atoms with Crippen LogP contribution in [0.15, 0.2) is 30.3 Å². The van der Waals surface area contributed by atoms with E-state index in [2.05, 4.69) is 9.97 Å². The predicted octanol–water partition coefficient (Wildman–Crippen LogP) is 2.54. The number of anilines is 1. The summed E-state index contributed by atoms with van der Waals surface area (Å²) in [6.07, 6.45) is 1.42. The number of likely N-dealkylation sites (tertiary alicyclic amines) is 1. The molecule has 1 unspecified atom stereocenters. The molecule has 0 bridgehead atoms. The topological polar surface area (TPSA) is 78.9 Å². The maximum absolute atomic E-state index is 14.1. The van der Waals surface area contributed by atoms with Crippen LogP contribution in [-0.4, -0.2) is 70.5 Å². The highest BCUT2D eigenvalue weighted by atomic mass is 19.1. The number of ether oxygens (including phenoxy) is 1. The standard InChI is InChI=1S/C22H26FN5O3/c1-15-12-16(2)25-21(24-15)31-17-6-5-9-26(13-17)20(29)14-27-10-11-28(22(27)30)19-8-4-3-7-18(19)23/h3-4,7-8,12,17H,5-6,9-11,13-14H2,1-2H3. The van der Waals surface area contributed by atoms with E-state index in [1.807, 2.05) is 19.9 Å². The third-order valence-corrected chi connectivity index (χ3v) is 5.53. The molecule has 164 valence electrons. The Balaban J connectivity index is 1.35. The van der Waals surface area contributed by atoms with Gasteiger partial charge >= 0.3 is 12.0 Å². The highest BCUT2D eigenvalue weighted by molar-refractivity contribution is 5.96. The van der Waals surface area contributed by atoms with Gasteiger partial charge in [-0.3, -0.25) is 9.69 Å². The molecule has 3 heterocycles. The van der Waals surface area contributed by atoms with Crippen LogP contribution in [-0.2, 0) is 4.79 Å². The van der Waals surface area contributed by atoms with Gasteiger partial charge in [0.05, 0.1) is 12.2 Å². The fourth-order valence-corrected chi connectivity index (χ4v) is 4.04. The van der Waals surface area contributed by atoms with Gasteiger partial charge in [-0.05, 0) is 44.9 Å². The van der Waals surface area contributed by atoms with E-state index in [1.165, 1.54) is 15.9 Å². The summed E-state index contributed by atoms with van der Waals surface area (Å²) in [6, 6.07) is 8.01. The van der Waals surface area contributed by atoms with Crippen molar-refractivity contribution in [1.82, 2.24) is 19.8 Å². The highest BCUT2D eigenvalue weighted by Gasteiger charge is 2.34. The minimum Gasteiger partial charge on any atom is -0.458 e. The molecule has 2 aromatic rings. The molecule has 0 N–H and O–H groups in total. The third kappa shape index (κ3) is 4.76. The lowest BCUT2D eigenvalue weighted by atomic mass is 10.1. The van der Waals surface area contributed by atoms with Gasteiger partial charge in [0.1, 0.15) is 18.5 Å². The van der Waals surface area contributed by atoms with Crippen LogP contribution in [0, 0.1) is 19.7 Å². The summed E-state index contributed by atoms with van der Waals surface area (Å²) in [5.74, 6) is -0.591. The molecule has 2 aliphatic heterocycles. The Morgan fingerprint density at radius 3 is 2.65 bits per heavy atom. The smallest absolute Gasteiger partial charge is 0.325 e. The quantitative estimate of drug-likeness (QED) is 0.733. The van der Waals surface area contributed by atoms with Gasteiger partial charge in [-0.1, -0.05) is 12.1 Å². The average molecular weight is 427 g/mol. The summed E-state index contributed by atoms with van der Waals surface area (Å²) >= 11 is 0. The number of carbonyl (C=O) groups is 2. The number of benzene rings is 1. The molecule has 0 aliphatic carbocycles. The lowest BCUT2D eigenvalue weighted by Crippen LogP contribution is -2.48. The normalized spacial score (nSPS) is 19.1. The number of piperidine rings is 1. The molecular weight excluding hydrogens is 401 g/mol. The van der Waals surface area contributed by atoms with E-state index in [0.717, 1.165) is 24.2 Å². The Morgan fingerprint density at radius 2 is 1.90 bits per heavy atom. The zero-order valence-corrected chi connectivity index (χ0v) is 17.8. The van der Waals surface area contributed by atoms with Crippen LogP contribution in [0.2, 0.25) is 0 Å². The number of hydrogen-bond donors (Lipinski definition) is 0. The van der Waals surface area contributed by atoms with E-state index >= 15 is 0 Å². The van der Waals surface area contributed by atoms with Crippen molar-refractivity contribution in [3.63, 3.8) is 0 Å². The van der Waals surface area contributed by atoms with Gasteiger partial charge in [0.25, 0.3) is 0 Å². The molecule has 1 atom stereocenters. The Morgan fingerprint density at radius 1 is 1.16 bits per heavy atom. The molecule has 9 heteroatoms. The molecule has 3 amide bonds. The molecule has 4 rings (SSSR count). The van der Waals surface area contributed by atoms with Crippen molar-refractivity contribution in [2.24, 2.45) is 0 Å². The number of aromatic nitrogens is 2. The number of hydrogen-bond acceptors (Lipinski definition) is 5. The predicted molar refractivity (Wildman–Crippen MR) is 112 cm³/mol. The van der Waals surface area contributed by atoms with E-state index in [-0.39, 0.29) is 30.3 Å². The van der Waals surface area contributed by atoms with Gasteiger partial charge < -0.3 is 14.5 Å². The SMILES string of the molecule is Cc1cc(C)nc(OC2CCCN(C(=O)CN3CCN(c4ccccc4F)C3=O)C2)n1. The number of urea groups is 1. The second-order valence-corrected chi connectivity index (χ2v) is 7.96. The molecule has 0 saturated carbocycles. The lowest BCUT2D eigenvalue weighted by molar-refractivity contribution is -0.134. The minimum atomic E-state index is -0.450. The largest absolute Gasteiger partial charge is 0.458 e. The summed E-state index contributed by atoms with van der Waals surface area (Å²) in [5.41, 5.74) is 1.90. The van der Waals surface area contributed by atoms with Crippen LogP contribution in [0.1, 0.15) is 24.2 Å². The molecule has 8 nitrogen and oxygen atoms in total. The van der Waals surface area contributed by atoms with Crippen molar-refractivity contribution in [3.8, 4) is 6.01 Å². The van der Waals surface area contributed by atoms with Crippen molar-refractivity contribution in [2.75, 3.05) is 37.6 Å². The summed E-state index contributed by atoms with van der Waals surface area (Å²) < 4.78 is 20.0. The number of rotatable bonds is 5. The van der Waals surface area contributed by atoms with E-state index in [4.69, 9.17) is 4.74 Å². The van der Waals surface area contributed by atoms with Crippen molar-refractivity contribution in [2.45, 2.75) is 32.8 Å². The number of aryl methyl sites for hydroxylation is 2. The van der Waals surface area contributed by atoms with Gasteiger partial charge in [-0.25, -0.2) is 19.2 Å². The molecule has 0 spiro atoms. The average Bonchev–Trinajstić information content (AvgIpc) is 3.08. The second kappa shape index (κ2) is 8.87. The molecule has 1 aromatic heterocycles. The molecule has 0 radical (unpaired) electrons. The van der Waals surface area contributed by atoms with E-state index in [1.54, 1.807) is 23.1 Å². The number of amides is 3. The van der Waals surface area contributed by atoms with Crippen LogP contribution in [0.4, 0.5) is 14.9 Å². The molecular formula is C22H26FN5O3. The molecule has 2 fully saturated rings. The van der Waals surface area contributed by atoms with Gasteiger partial charge in [0.15, 0.2) is 0 Å². The number of halogens is 1. The van der Waals surface area contributed by atoms with Crippen molar-refractivity contribution >= 4 is 17.6 Å². The Kier molecular flexibility index (Phi) is 6.01. The first kappa shape index (κ1) is 21.0. The maximum Gasteiger partial charge on any atom is 0.325 e. The number of nitrogens with zero attached hydrogens (tertiary/aromatic N) is 5. The summed E-state index contributed by atoms with van der Waals surface area (Å²) in [4.78, 5) is 38.8. The summed E-state index contributed by atoms with van der Waals surface area (Å²) in [7, 11) is 0. The Labute approximate surface area is 180 Å². The minimum absolute atomic E-state index is 0.0312. The van der Waals surface area contributed by atoms with Crippen LogP contribution in [0.5, 0.6) is 6.01 Å². The lowest BCUT2D eigenvalue weighted by Gasteiger charge is -2.33. The second-order valence-electron chi connectivity index (χ2n) is 7.96. The molecule has 31 heavy (non-hydrogen) atoms. The van der Waals surface area contributed by atoms with E-state index in [0.29, 0.717) is 32.2 Å². The zero-order valence-electron chi connectivity index (χ0n) is 17.8. The van der Waals surface area contributed by atoms with E-state index < -0.39 is 5.82 Å². The first-order valence-electron chi connectivity index (χ1n) is 10.5. The van der Waals surface area contributed by atoms with E-state index in [9.17, 15) is 14.0 Å². The highest BCUT2D eigenvalue weighted by Crippen LogP contribution is 2.24. The summed E-state index contributed by atoms with van der Waals surface area (Å²) in [6.45, 7) is 5.51. The van der Waals surface area contributed by atoms with Crippen LogP contribution < -0.4 is 9.64 Å². The Bertz CT molecular complexity index is 965. The maximum atomic E-state index is 14.1. The zero-order chi connectivity index (χ0) is 22.0. The van der Waals surface area contributed by atoms with Crippen molar-refractivity contribution in [3.05, 3.63) is 47.5 Å². The van der Waals surface area contributed by atoms with Crippen LogP contribution in [0.25, 0.3) is 0 Å². The molecule has 1 aromatic carbocycles. The summed E-state index contributed by atoms with van der Waals surface area (Å²) in [5, 5.41) is 0. The van der Waals surface area contributed by atoms with Crippen molar-refractivity contribution < 1.29 is 18.7 Å². The molecule has 2 aliphatic rings. The third-order valence-electron chi connectivity index (χ3n) is 5.53. The Hall–Kier alpha value is -3.23. The van der Waals surface area contributed by atoms with Crippen LogP contribution in [0.3, 0.4) is 0 Å². The van der Waals surface area contributed by atoms with Crippen LogP contribution >= 0.6 is 0 Å². The monoisotopic (exact) mass is 427 g/mol. The van der Waals surface area contributed by atoms with Gasteiger partial charge in [-0.2, -0.15) is 0 Å². The first-order chi connectivity index (χ1) is 14.9. The fraction of sp³-hybridized carbons (Fsp3) is 0.455. The molecule has 2 saturated heterocycles. The fourth-order valence-electron chi connectivity index (χ4n) is 4.04.